The average molecular weight is 220 g/mol. The summed E-state index contributed by atoms with van der Waals surface area (Å²) in [5.41, 5.74) is 2.51. The minimum absolute atomic E-state index is 0.269. The maximum absolute atomic E-state index is 11.7. The van der Waals surface area contributed by atoms with Crippen LogP contribution in [0, 0.1) is 0 Å². The molecule has 1 aliphatic carbocycles. The Morgan fingerprint density at radius 1 is 1.33 bits per heavy atom. The van der Waals surface area contributed by atoms with Crippen LogP contribution in [0.1, 0.15) is 37.7 Å². The fourth-order valence-electron chi connectivity index (χ4n) is 2.02. The molecule has 1 heterocycles. The van der Waals surface area contributed by atoms with Crippen LogP contribution in [0.2, 0.25) is 0 Å². The molecule has 0 atom stereocenters. The van der Waals surface area contributed by atoms with Crippen molar-refractivity contribution in [2.24, 2.45) is 0 Å². The zero-order valence-corrected chi connectivity index (χ0v) is 9.69. The lowest BCUT2D eigenvalue weighted by Crippen LogP contribution is -2.01. The molecule has 1 nitrogen and oxygen atoms in total. The molecule has 0 unspecified atom stereocenters. The van der Waals surface area contributed by atoms with E-state index in [0.29, 0.717) is 6.42 Å². The molecule has 1 fully saturated rings. The topological polar surface area (TPSA) is 17.1 Å². The molecule has 80 valence electrons. The molecule has 1 aromatic rings. The van der Waals surface area contributed by atoms with Crippen LogP contribution in [0.25, 0.3) is 0 Å². The van der Waals surface area contributed by atoms with Gasteiger partial charge in [-0.1, -0.05) is 12.0 Å². The van der Waals surface area contributed by atoms with Gasteiger partial charge in [-0.2, -0.15) is 11.3 Å². The first kappa shape index (κ1) is 10.6. The van der Waals surface area contributed by atoms with Crippen LogP contribution in [0.4, 0.5) is 0 Å². The summed E-state index contributed by atoms with van der Waals surface area (Å²) in [6.07, 6.45) is 8.58. The van der Waals surface area contributed by atoms with Crippen molar-refractivity contribution in [1.29, 1.82) is 0 Å². The Kier molecular flexibility index (Phi) is 3.73. The van der Waals surface area contributed by atoms with Gasteiger partial charge in [0.05, 0.1) is 0 Å². The molecule has 2 rings (SSSR count). The van der Waals surface area contributed by atoms with Gasteiger partial charge in [0, 0.05) is 6.42 Å². The van der Waals surface area contributed by atoms with E-state index < -0.39 is 0 Å². The highest BCUT2D eigenvalue weighted by molar-refractivity contribution is 7.08. The quantitative estimate of drug-likeness (QED) is 0.709. The Labute approximate surface area is 94.8 Å². The fourth-order valence-corrected chi connectivity index (χ4v) is 2.69. The van der Waals surface area contributed by atoms with E-state index in [0.717, 1.165) is 18.4 Å². The normalized spacial score (nSPS) is 16.4. The highest BCUT2D eigenvalue weighted by atomic mass is 32.1. The van der Waals surface area contributed by atoms with Gasteiger partial charge in [-0.3, -0.25) is 4.79 Å². The first-order valence-electron chi connectivity index (χ1n) is 5.58. The third kappa shape index (κ3) is 3.31. The molecule has 0 aromatic carbocycles. The van der Waals surface area contributed by atoms with Crippen LogP contribution < -0.4 is 0 Å². The number of carbonyl (C=O) groups is 1. The van der Waals surface area contributed by atoms with E-state index >= 15 is 0 Å². The van der Waals surface area contributed by atoms with Crippen molar-refractivity contribution < 1.29 is 4.79 Å². The van der Waals surface area contributed by atoms with Crippen molar-refractivity contribution in [3.05, 3.63) is 34.0 Å². The van der Waals surface area contributed by atoms with Crippen molar-refractivity contribution in [2.45, 2.75) is 38.5 Å². The molecule has 2 heteroatoms. The van der Waals surface area contributed by atoms with Gasteiger partial charge in [0.25, 0.3) is 0 Å². The standard InChI is InChI=1S/C13H16OS/c14-13(9-12-6-7-15-10-12)8-11-4-2-1-3-5-11/h6-8,10H,1-5,9H2. The smallest absolute Gasteiger partial charge is 0.160 e. The summed E-state index contributed by atoms with van der Waals surface area (Å²) in [5, 5.41) is 4.08. The van der Waals surface area contributed by atoms with Gasteiger partial charge < -0.3 is 0 Å². The van der Waals surface area contributed by atoms with E-state index in [1.165, 1.54) is 24.8 Å². The van der Waals surface area contributed by atoms with Gasteiger partial charge in [0.15, 0.2) is 5.78 Å². The van der Waals surface area contributed by atoms with Crippen molar-refractivity contribution in [2.75, 3.05) is 0 Å². The maximum atomic E-state index is 11.7. The van der Waals surface area contributed by atoms with Crippen LogP contribution >= 0.6 is 11.3 Å². The second-order valence-corrected chi connectivity index (χ2v) is 4.92. The van der Waals surface area contributed by atoms with Gasteiger partial charge in [-0.25, -0.2) is 0 Å². The van der Waals surface area contributed by atoms with Crippen LogP contribution in [-0.2, 0) is 11.2 Å². The van der Waals surface area contributed by atoms with Crippen LogP contribution in [0.3, 0.4) is 0 Å². The third-order valence-corrected chi connectivity index (χ3v) is 3.55. The van der Waals surface area contributed by atoms with E-state index in [1.807, 2.05) is 17.5 Å². The summed E-state index contributed by atoms with van der Waals surface area (Å²) in [6.45, 7) is 0. The number of hydrogen-bond donors (Lipinski definition) is 0. The lowest BCUT2D eigenvalue weighted by molar-refractivity contribution is -0.114. The van der Waals surface area contributed by atoms with Gasteiger partial charge in [-0.05, 0) is 54.1 Å². The van der Waals surface area contributed by atoms with Gasteiger partial charge >= 0.3 is 0 Å². The summed E-state index contributed by atoms with van der Waals surface area (Å²) >= 11 is 1.65. The van der Waals surface area contributed by atoms with Crippen molar-refractivity contribution >= 4 is 17.1 Å². The number of carbonyl (C=O) groups excluding carboxylic acids is 1. The number of thiophene rings is 1. The van der Waals surface area contributed by atoms with Gasteiger partial charge in [-0.15, -0.1) is 0 Å². The monoisotopic (exact) mass is 220 g/mol. The minimum atomic E-state index is 0.269. The lowest BCUT2D eigenvalue weighted by atomic mass is 9.93. The minimum Gasteiger partial charge on any atom is -0.294 e. The third-order valence-electron chi connectivity index (χ3n) is 2.82. The van der Waals surface area contributed by atoms with Gasteiger partial charge in [0.1, 0.15) is 0 Å². The molecule has 0 bridgehead atoms. The predicted octanol–water partition coefficient (Wildman–Crippen LogP) is 3.75. The first-order valence-corrected chi connectivity index (χ1v) is 6.52. The summed E-state index contributed by atoms with van der Waals surface area (Å²) < 4.78 is 0. The maximum Gasteiger partial charge on any atom is 0.160 e. The molecular weight excluding hydrogens is 204 g/mol. The molecule has 0 N–H and O–H groups in total. The second-order valence-electron chi connectivity index (χ2n) is 4.14. The molecular formula is C13H16OS. The van der Waals surface area contributed by atoms with Crippen molar-refractivity contribution in [3.8, 4) is 0 Å². The SMILES string of the molecule is O=C(C=C1CCCCC1)Cc1ccsc1. The molecule has 0 aliphatic heterocycles. The summed E-state index contributed by atoms with van der Waals surface area (Å²) in [4.78, 5) is 11.7. The van der Waals surface area contributed by atoms with Crippen molar-refractivity contribution in [1.82, 2.24) is 0 Å². The number of rotatable bonds is 3. The summed E-state index contributed by atoms with van der Waals surface area (Å²) in [6, 6.07) is 2.03. The molecule has 1 aliphatic rings. The molecule has 0 spiro atoms. The van der Waals surface area contributed by atoms with Crippen LogP contribution in [0.15, 0.2) is 28.5 Å². The Morgan fingerprint density at radius 2 is 2.13 bits per heavy atom. The average Bonchev–Trinajstić information content (AvgIpc) is 2.71. The summed E-state index contributed by atoms with van der Waals surface area (Å²) in [5.74, 6) is 0.269. The molecule has 0 radical (unpaired) electrons. The number of ketones is 1. The zero-order chi connectivity index (χ0) is 10.5. The molecule has 1 saturated carbocycles. The van der Waals surface area contributed by atoms with E-state index in [4.69, 9.17) is 0 Å². The van der Waals surface area contributed by atoms with Crippen LogP contribution in [-0.4, -0.2) is 5.78 Å². The Hall–Kier alpha value is -0.890. The number of hydrogen-bond acceptors (Lipinski definition) is 2. The highest BCUT2D eigenvalue weighted by Gasteiger charge is 2.08. The van der Waals surface area contributed by atoms with E-state index in [9.17, 15) is 4.79 Å². The Balaban J connectivity index is 1.91. The van der Waals surface area contributed by atoms with Crippen LogP contribution in [0.5, 0.6) is 0 Å². The molecule has 0 amide bonds. The van der Waals surface area contributed by atoms with E-state index in [2.05, 4.69) is 5.38 Å². The molecule has 0 saturated heterocycles. The Morgan fingerprint density at radius 3 is 2.80 bits per heavy atom. The number of allylic oxidation sites excluding steroid dienone is 2. The van der Waals surface area contributed by atoms with Gasteiger partial charge in [0.2, 0.25) is 0 Å². The molecule has 1 aromatic heterocycles. The van der Waals surface area contributed by atoms with E-state index in [1.54, 1.807) is 11.3 Å². The highest BCUT2D eigenvalue weighted by Crippen LogP contribution is 2.22. The predicted molar refractivity (Wildman–Crippen MR) is 64.2 cm³/mol. The summed E-state index contributed by atoms with van der Waals surface area (Å²) in [7, 11) is 0. The second kappa shape index (κ2) is 5.26. The van der Waals surface area contributed by atoms with E-state index in [-0.39, 0.29) is 5.78 Å². The lowest BCUT2D eigenvalue weighted by Gasteiger charge is -2.12. The Bertz CT molecular complexity index is 341. The first-order chi connectivity index (χ1) is 7.34. The zero-order valence-electron chi connectivity index (χ0n) is 8.87. The largest absolute Gasteiger partial charge is 0.294 e. The van der Waals surface area contributed by atoms with Crippen molar-refractivity contribution in [3.63, 3.8) is 0 Å². The fraction of sp³-hybridized carbons (Fsp3) is 0.462. The molecule has 15 heavy (non-hydrogen) atoms.